The van der Waals surface area contributed by atoms with Gasteiger partial charge in [-0.2, -0.15) is 17.6 Å². The predicted octanol–water partition coefficient (Wildman–Crippen LogP) is 4.43. The van der Waals surface area contributed by atoms with Gasteiger partial charge < -0.3 is 15.2 Å². The van der Waals surface area contributed by atoms with Gasteiger partial charge in [-0.05, 0) is 38.7 Å². The van der Waals surface area contributed by atoms with Crippen LogP contribution in [0.15, 0.2) is 23.9 Å². The van der Waals surface area contributed by atoms with Crippen LogP contribution in [0.3, 0.4) is 0 Å². The highest BCUT2D eigenvalue weighted by Gasteiger charge is 2.61. The number of rotatable bonds is 4. The van der Waals surface area contributed by atoms with Gasteiger partial charge in [0, 0.05) is 17.2 Å². The summed E-state index contributed by atoms with van der Waals surface area (Å²) in [5, 5.41) is 11.3. The molecule has 1 aliphatic carbocycles. The van der Waals surface area contributed by atoms with Crippen LogP contribution in [0.1, 0.15) is 44.1 Å². The van der Waals surface area contributed by atoms with Crippen molar-refractivity contribution in [2.24, 2.45) is 0 Å². The molecule has 4 nitrogen and oxygen atoms in total. The SMILES string of the molecule is COc1c([C@@H]2C[C@](C)(C(F)(F)F)S[C@H]2C(=O)NC2=CCCCC2O)ccc(F)c1F. The van der Waals surface area contributed by atoms with Crippen LogP contribution in [0.25, 0.3) is 0 Å². The van der Waals surface area contributed by atoms with E-state index in [2.05, 4.69) is 5.32 Å². The van der Waals surface area contributed by atoms with Crippen LogP contribution in [0, 0.1) is 11.6 Å². The third kappa shape index (κ3) is 4.16. The van der Waals surface area contributed by atoms with Crippen LogP contribution in [-0.2, 0) is 4.79 Å². The highest BCUT2D eigenvalue weighted by molar-refractivity contribution is 8.02. The lowest BCUT2D eigenvalue weighted by atomic mass is 9.85. The predicted molar refractivity (Wildman–Crippen MR) is 102 cm³/mol. The standard InChI is InChI=1S/C20H22F5NO3S/c1-19(20(23,24)25)9-11(10-7-8-12(21)15(22)16(10)29-2)17(30-19)18(28)26-13-5-3-4-6-14(13)27/h5,7-8,11,14,17,27H,3-4,6,9H2,1-2H3,(H,26,28)/t11-,14?,17+,19+/m0/s1. The normalized spacial score (nSPS) is 29.5. The molecule has 1 unspecified atom stereocenters. The molecule has 1 aliphatic heterocycles. The topological polar surface area (TPSA) is 58.6 Å². The molecular formula is C20H22F5NO3S. The molecule has 30 heavy (non-hydrogen) atoms. The quantitative estimate of drug-likeness (QED) is 0.666. The molecule has 166 valence electrons. The molecule has 1 amide bonds. The van der Waals surface area contributed by atoms with E-state index in [-0.39, 0.29) is 11.3 Å². The molecular weight excluding hydrogens is 429 g/mol. The van der Waals surface area contributed by atoms with Crippen LogP contribution in [0.2, 0.25) is 0 Å². The van der Waals surface area contributed by atoms with E-state index in [1.807, 2.05) is 0 Å². The van der Waals surface area contributed by atoms with Crippen LogP contribution in [0.5, 0.6) is 5.75 Å². The summed E-state index contributed by atoms with van der Waals surface area (Å²) in [5.74, 6) is -4.83. The summed E-state index contributed by atoms with van der Waals surface area (Å²) < 4.78 is 71.8. The number of carbonyl (C=O) groups excluding carboxylic acids is 1. The zero-order valence-corrected chi connectivity index (χ0v) is 17.2. The zero-order valence-electron chi connectivity index (χ0n) is 16.4. The van der Waals surface area contributed by atoms with Crippen molar-refractivity contribution in [1.82, 2.24) is 5.32 Å². The molecule has 2 aliphatic rings. The Kier molecular flexibility index (Phi) is 6.38. The Morgan fingerprint density at radius 3 is 2.63 bits per heavy atom. The van der Waals surface area contributed by atoms with Crippen molar-refractivity contribution in [2.75, 3.05) is 7.11 Å². The van der Waals surface area contributed by atoms with Crippen LogP contribution >= 0.6 is 11.8 Å². The largest absolute Gasteiger partial charge is 0.493 e. The molecule has 0 saturated carbocycles. The number of allylic oxidation sites excluding steroid dienone is 1. The first-order chi connectivity index (χ1) is 14.0. The van der Waals surface area contributed by atoms with E-state index < -0.39 is 57.9 Å². The summed E-state index contributed by atoms with van der Waals surface area (Å²) in [6.45, 7) is 0.985. The Balaban J connectivity index is 1.99. The number of thioether (sulfide) groups is 1. The molecule has 2 N–H and O–H groups in total. The van der Waals surface area contributed by atoms with E-state index >= 15 is 0 Å². The van der Waals surface area contributed by atoms with Gasteiger partial charge in [-0.15, -0.1) is 11.8 Å². The lowest BCUT2D eigenvalue weighted by molar-refractivity contribution is -0.155. The minimum absolute atomic E-state index is 0.00445. The second-order valence-electron chi connectivity index (χ2n) is 7.66. The summed E-state index contributed by atoms with van der Waals surface area (Å²) in [6, 6.07) is 1.96. The number of aliphatic hydroxyl groups is 1. The van der Waals surface area contributed by atoms with Gasteiger partial charge in [-0.1, -0.05) is 12.1 Å². The lowest BCUT2D eigenvalue weighted by Gasteiger charge is -2.26. The fourth-order valence-corrected chi connectivity index (χ4v) is 5.43. The maximum atomic E-state index is 14.2. The number of nitrogens with one attached hydrogen (secondary N) is 1. The summed E-state index contributed by atoms with van der Waals surface area (Å²) in [5.41, 5.74) is 0.249. The first-order valence-corrected chi connectivity index (χ1v) is 10.3. The molecule has 1 aromatic rings. The molecule has 1 aromatic carbocycles. The van der Waals surface area contributed by atoms with Gasteiger partial charge in [0.05, 0.1) is 18.5 Å². The Hall–Kier alpha value is -1.81. The molecule has 1 heterocycles. The molecule has 0 radical (unpaired) electrons. The second kappa shape index (κ2) is 8.37. The van der Waals surface area contributed by atoms with Gasteiger partial charge in [-0.25, -0.2) is 4.39 Å². The molecule has 1 fully saturated rings. The Morgan fingerprint density at radius 2 is 2.03 bits per heavy atom. The van der Waals surface area contributed by atoms with E-state index in [9.17, 15) is 31.9 Å². The molecule has 4 atom stereocenters. The van der Waals surface area contributed by atoms with Crippen molar-refractivity contribution in [3.05, 3.63) is 41.1 Å². The summed E-state index contributed by atoms with van der Waals surface area (Å²) in [6.07, 6.45) is -2.60. The van der Waals surface area contributed by atoms with Crippen LogP contribution in [0.4, 0.5) is 22.0 Å². The van der Waals surface area contributed by atoms with Crippen LogP contribution < -0.4 is 10.1 Å². The van der Waals surface area contributed by atoms with Gasteiger partial charge in [0.1, 0.15) is 4.75 Å². The van der Waals surface area contributed by atoms with Gasteiger partial charge in [0.25, 0.3) is 0 Å². The highest BCUT2D eigenvalue weighted by Crippen LogP contribution is 2.59. The van der Waals surface area contributed by atoms with Crippen molar-refractivity contribution in [3.8, 4) is 5.75 Å². The first kappa shape index (κ1) is 22.9. The smallest absolute Gasteiger partial charge is 0.403 e. The Bertz CT molecular complexity index is 860. The number of alkyl halides is 3. The van der Waals surface area contributed by atoms with Crippen molar-refractivity contribution >= 4 is 17.7 Å². The molecule has 0 aromatic heterocycles. The number of methoxy groups -OCH3 is 1. The number of hydrogen-bond donors (Lipinski definition) is 2. The summed E-state index contributed by atoms with van der Waals surface area (Å²) >= 11 is 0.432. The average molecular weight is 451 g/mol. The van der Waals surface area contributed by atoms with E-state index in [4.69, 9.17) is 4.74 Å². The number of carbonyl (C=O) groups is 1. The molecule has 3 rings (SSSR count). The van der Waals surface area contributed by atoms with Gasteiger partial charge in [-0.3, -0.25) is 4.79 Å². The number of halogens is 5. The van der Waals surface area contributed by atoms with Crippen molar-refractivity contribution in [3.63, 3.8) is 0 Å². The Labute approximate surface area is 174 Å². The highest BCUT2D eigenvalue weighted by atomic mass is 32.2. The van der Waals surface area contributed by atoms with Crippen molar-refractivity contribution in [2.45, 2.75) is 60.8 Å². The molecule has 10 heteroatoms. The lowest BCUT2D eigenvalue weighted by Crippen LogP contribution is -2.39. The monoisotopic (exact) mass is 451 g/mol. The molecule has 1 saturated heterocycles. The van der Waals surface area contributed by atoms with Crippen LogP contribution in [-0.4, -0.2) is 40.4 Å². The fraction of sp³-hybridized carbons (Fsp3) is 0.550. The zero-order chi connectivity index (χ0) is 22.3. The van der Waals surface area contributed by atoms with E-state index in [1.165, 1.54) is 0 Å². The maximum absolute atomic E-state index is 14.2. The number of benzene rings is 1. The van der Waals surface area contributed by atoms with E-state index in [0.717, 1.165) is 32.6 Å². The van der Waals surface area contributed by atoms with E-state index in [1.54, 1.807) is 6.08 Å². The second-order valence-corrected chi connectivity index (χ2v) is 9.30. The van der Waals surface area contributed by atoms with Crippen molar-refractivity contribution < 1.29 is 36.6 Å². The number of aliphatic hydroxyl groups excluding tert-OH is 1. The van der Waals surface area contributed by atoms with E-state index in [0.29, 0.717) is 24.6 Å². The maximum Gasteiger partial charge on any atom is 0.403 e. The summed E-state index contributed by atoms with van der Waals surface area (Å²) in [4.78, 5) is 12.9. The summed E-state index contributed by atoms with van der Waals surface area (Å²) in [7, 11) is 1.09. The van der Waals surface area contributed by atoms with Gasteiger partial charge in [0.2, 0.25) is 11.7 Å². The van der Waals surface area contributed by atoms with Gasteiger partial charge in [0.15, 0.2) is 11.6 Å². The third-order valence-electron chi connectivity index (χ3n) is 5.58. The average Bonchev–Trinajstić information content (AvgIpc) is 3.04. The Morgan fingerprint density at radius 1 is 1.33 bits per heavy atom. The first-order valence-electron chi connectivity index (χ1n) is 9.44. The van der Waals surface area contributed by atoms with Gasteiger partial charge >= 0.3 is 6.18 Å². The third-order valence-corrected chi connectivity index (χ3v) is 7.29. The molecule has 0 spiro atoms. The fourth-order valence-electron chi connectivity index (χ4n) is 3.88. The minimum atomic E-state index is -4.62. The molecule has 0 bridgehead atoms. The number of ether oxygens (including phenoxy) is 1. The number of amides is 1. The van der Waals surface area contributed by atoms with Crippen molar-refractivity contribution in [1.29, 1.82) is 0 Å². The number of hydrogen-bond acceptors (Lipinski definition) is 4. The minimum Gasteiger partial charge on any atom is -0.493 e.